The Morgan fingerprint density at radius 2 is 2.21 bits per heavy atom. The van der Waals surface area contributed by atoms with Crippen molar-refractivity contribution in [3.63, 3.8) is 0 Å². The van der Waals surface area contributed by atoms with Crippen LogP contribution in [0.2, 0.25) is 0 Å². The molecule has 0 saturated carbocycles. The quantitative estimate of drug-likeness (QED) is 0.732. The Hall–Kier alpha value is -3.16. The summed E-state index contributed by atoms with van der Waals surface area (Å²) in [5.41, 5.74) is 1.12. The molecule has 0 fully saturated rings. The third-order valence-corrected chi connectivity index (χ3v) is 5.08. The number of fused-ring (bicyclic) bond motifs is 1. The minimum Gasteiger partial charge on any atom is -0.359 e. The molecule has 0 radical (unpaired) electrons. The van der Waals surface area contributed by atoms with Crippen molar-refractivity contribution < 1.29 is 13.7 Å². The molecule has 7 nitrogen and oxygen atoms in total. The summed E-state index contributed by atoms with van der Waals surface area (Å²) in [6, 6.07) is 6.39. The summed E-state index contributed by atoms with van der Waals surface area (Å²) in [6.07, 6.45) is 4.20. The average molecular weight is 383 g/mol. The van der Waals surface area contributed by atoms with Gasteiger partial charge in [0.05, 0.1) is 23.7 Å². The lowest BCUT2D eigenvalue weighted by Gasteiger charge is -2.29. The first kappa shape index (κ1) is 18.2. The molecule has 4 rings (SSSR count). The first-order valence-corrected chi connectivity index (χ1v) is 9.28. The van der Waals surface area contributed by atoms with Gasteiger partial charge in [-0.25, -0.2) is 9.37 Å². The normalized spacial score (nSPS) is 14.6. The van der Waals surface area contributed by atoms with Crippen LogP contribution >= 0.6 is 0 Å². The van der Waals surface area contributed by atoms with Gasteiger partial charge < -0.3 is 19.3 Å². The number of carbonyl (C=O) groups excluding carboxylic acids is 1. The van der Waals surface area contributed by atoms with Gasteiger partial charge in [-0.05, 0) is 19.1 Å². The lowest BCUT2D eigenvalue weighted by molar-refractivity contribution is -0.136. The second kappa shape index (κ2) is 7.46. The van der Waals surface area contributed by atoms with Crippen molar-refractivity contribution >= 4 is 17.4 Å². The van der Waals surface area contributed by atoms with Gasteiger partial charge in [0.15, 0.2) is 5.82 Å². The summed E-state index contributed by atoms with van der Waals surface area (Å²) in [5, 5.41) is 7.02. The number of hydrogen-bond acceptors (Lipinski definition) is 5. The zero-order chi connectivity index (χ0) is 19.7. The van der Waals surface area contributed by atoms with Crippen molar-refractivity contribution in [3.05, 3.63) is 59.6 Å². The molecule has 3 aromatic rings. The van der Waals surface area contributed by atoms with E-state index in [1.54, 1.807) is 24.4 Å². The molecular formula is C20H22FN5O2. The SMILES string of the molecule is Cc1nccn1C[C@H](C)C(=O)N1CCc2onc(Nc3ccccc3F)c2C1. The van der Waals surface area contributed by atoms with Crippen LogP contribution in [-0.2, 0) is 24.3 Å². The number of rotatable bonds is 5. The number of nitrogens with zero attached hydrogens (tertiary/aromatic N) is 4. The van der Waals surface area contributed by atoms with Crippen molar-refractivity contribution in [2.75, 3.05) is 11.9 Å². The van der Waals surface area contributed by atoms with Crippen LogP contribution in [0.25, 0.3) is 0 Å². The van der Waals surface area contributed by atoms with E-state index in [1.165, 1.54) is 6.07 Å². The third-order valence-electron chi connectivity index (χ3n) is 5.08. The van der Waals surface area contributed by atoms with Crippen molar-refractivity contribution in [2.45, 2.75) is 33.4 Å². The van der Waals surface area contributed by atoms with Crippen LogP contribution in [0.3, 0.4) is 0 Å². The van der Waals surface area contributed by atoms with Crippen molar-refractivity contribution in [1.82, 2.24) is 19.6 Å². The maximum Gasteiger partial charge on any atom is 0.227 e. The van der Waals surface area contributed by atoms with E-state index in [0.717, 1.165) is 17.1 Å². The standard InChI is InChI=1S/C20H22FN5O2/c1-13(11-25-10-8-22-14(25)2)20(27)26-9-7-18-15(12-26)19(24-28-18)23-17-6-4-3-5-16(17)21/h3-6,8,10,13H,7,9,11-12H2,1-2H3,(H,23,24)/t13-/m0/s1. The minimum absolute atomic E-state index is 0.0665. The van der Waals surface area contributed by atoms with Crippen molar-refractivity contribution in [3.8, 4) is 0 Å². The van der Waals surface area contributed by atoms with E-state index in [-0.39, 0.29) is 17.6 Å². The summed E-state index contributed by atoms with van der Waals surface area (Å²) < 4.78 is 21.3. The Kier molecular flexibility index (Phi) is 4.85. The molecule has 0 unspecified atom stereocenters. The van der Waals surface area contributed by atoms with Crippen LogP contribution in [0.4, 0.5) is 15.9 Å². The molecule has 3 heterocycles. The van der Waals surface area contributed by atoms with Gasteiger partial charge in [0.25, 0.3) is 0 Å². The van der Waals surface area contributed by atoms with E-state index in [2.05, 4.69) is 15.5 Å². The highest BCUT2D eigenvalue weighted by Crippen LogP contribution is 2.29. The smallest absolute Gasteiger partial charge is 0.227 e. The van der Waals surface area contributed by atoms with Crippen LogP contribution in [0.5, 0.6) is 0 Å². The van der Waals surface area contributed by atoms with Gasteiger partial charge in [-0.1, -0.05) is 24.2 Å². The maximum atomic E-state index is 13.9. The number of carbonyl (C=O) groups is 1. The lowest BCUT2D eigenvalue weighted by atomic mass is 10.0. The number of nitrogens with one attached hydrogen (secondary N) is 1. The van der Waals surface area contributed by atoms with E-state index in [9.17, 15) is 9.18 Å². The zero-order valence-electron chi connectivity index (χ0n) is 15.9. The topological polar surface area (TPSA) is 76.2 Å². The largest absolute Gasteiger partial charge is 0.359 e. The molecule has 28 heavy (non-hydrogen) atoms. The van der Waals surface area contributed by atoms with Gasteiger partial charge in [-0.15, -0.1) is 0 Å². The third kappa shape index (κ3) is 3.49. The predicted octanol–water partition coefficient (Wildman–Crippen LogP) is 3.28. The molecule has 1 N–H and O–H groups in total. The highest BCUT2D eigenvalue weighted by atomic mass is 19.1. The van der Waals surface area contributed by atoms with E-state index >= 15 is 0 Å². The van der Waals surface area contributed by atoms with Gasteiger partial charge in [0.1, 0.15) is 17.4 Å². The van der Waals surface area contributed by atoms with Gasteiger partial charge in [0.2, 0.25) is 5.91 Å². The Morgan fingerprint density at radius 1 is 1.39 bits per heavy atom. The van der Waals surface area contributed by atoms with Gasteiger partial charge in [-0.3, -0.25) is 4.79 Å². The molecule has 0 bridgehead atoms. The molecule has 0 saturated heterocycles. The van der Waals surface area contributed by atoms with Crippen LogP contribution in [0.1, 0.15) is 24.1 Å². The van der Waals surface area contributed by atoms with Crippen LogP contribution < -0.4 is 5.32 Å². The van der Waals surface area contributed by atoms with Gasteiger partial charge >= 0.3 is 0 Å². The predicted molar refractivity (Wildman–Crippen MR) is 101 cm³/mol. The van der Waals surface area contributed by atoms with Crippen LogP contribution in [0, 0.1) is 18.7 Å². The molecule has 8 heteroatoms. The molecule has 1 aliphatic heterocycles. The first-order chi connectivity index (χ1) is 13.5. The summed E-state index contributed by atoms with van der Waals surface area (Å²) in [5.74, 6) is 1.59. The fourth-order valence-electron chi connectivity index (χ4n) is 3.47. The maximum absolute atomic E-state index is 13.9. The van der Waals surface area contributed by atoms with Gasteiger partial charge in [0, 0.05) is 31.9 Å². The molecule has 1 amide bonds. The number of hydrogen-bond donors (Lipinski definition) is 1. The number of para-hydroxylation sites is 1. The lowest BCUT2D eigenvalue weighted by Crippen LogP contribution is -2.40. The molecule has 1 aliphatic rings. The minimum atomic E-state index is -0.368. The number of imidazole rings is 1. The summed E-state index contributed by atoms with van der Waals surface area (Å²) in [6.45, 7) is 5.39. The fraction of sp³-hybridized carbons (Fsp3) is 0.350. The molecular weight excluding hydrogens is 361 g/mol. The summed E-state index contributed by atoms with van der Waals surface area (Å²) in [7, 11) is 0. The Labute approximate surface area is 162 Å². The van der Waals surface area contributed by atoms with Crippen molar-refractivity contribution in [2.24, 2.45) is 5.92 Å². The summed E-state index contributed by atoms with van der Waals surface area (Å²) in [4.78, 5) is 19.0. The zero-order valence-corrected chi connectivity index (χ0v) is 15.9. The number of aryl methyl sites for hydroxylation is 1. The molecule has 1 atom stereocenters. The Morgan fingerprint density at radius 3 is 2.96 bits per heavy atom. The van der Waals surface area contributed by atoms with E-state index < -0.39 is 0 Å². The molecule has 2 aromatic heterocycles. The molecule has 0 spiro atoms. The first-order valence-electron chi connectivity index (χ1n) is 9.28. The Balaban J connectivity index is 1.48. The number of amides is 1. The van der Waals surface area contributed by atoms with E-state index in [0.29, 0.717) is 37.6 Å². The van der Waals surface area contributed by atoms with E-state index in [4.69, 9.17) is 4.52 Å². The second-order valence-electron chi connectivity index (χ2n) is 7.08. The van der Waals surface area contributed by atoms with Crippen LogP contribution in [-0.4, -0.2) is 32.1 Å². The highest BCUT2D eigenvalue weighted by Gasteiger charge is 2.29. The number of aromatic nitrogens is 3. The molecule has 0 aliphatic carbocycles. The fourth-order valence-corrected chi connectivity index (χ4v) is 3.47. The number of halogens is 1. The number of benzene rings is 1. The van der Waals surface area contributed by atoms with Gasteiger partial charge in [-0.2, -0.15) is 0 Å². The number of anilines is 2. The summed E-state index contributed by atoms with van der Waals surface area (Å²) >= 11 is 0. The van der Waals surface area contributed by atoms with Crippen molar-refractivity contribution in [1.29, 1.82) is 0 Å². The van der Waals surface area contributed by atoms with E-state index in [1.807, 2.05) is 29.5 Å². The average Bonchev–Trinajstić information content (AvgIpc) is 3.29. The second-order valence-corrected chi connectivity index (χ2v) is 7.08. The van der Waals surface area contributed by atoms with Crippen LogP contribution in [0.15, 0.2) is 41.2 Å². The molecule has 146 valence electrons. The Bertz CT molecular complexity index is 996. The monoisotopic (exact) mass is 383 g/mol. The highest BCUT2D eigenvalue weighted by molar-refractivity contribution is 5.79. The molecule has 1 aromatic carbocycles.